The number of benzene rings is 1. The van der Waals surface area contributed by atoms with Crippen LogP contribution in [0.1, 0.15) is 43.3 Å². The first-order chi connectivity index (χ1) is 14.8. The average molecular weight is 467 g/mol. The number of nitrogens with zero attached hydrogens (tertiary/aromatic N) is 2. The highest BCUT2D eigenvalue weighted by molar-refractivity contribution is 7.89. The maximum absolute atomic E-state index is 12.9. The Balaban J connectivity index is 1.52. The molecule has 4 rings (SSSR count). The number of anilines is 1. The van der Waals surface area contributed by atoms with Crippen molar-refractivity contribution < 1.29 is 27.9 Å². The number of hydrogen-bond acceptors (Lipinski definition) is 8. The highest BCUT2D eigenvalue weighted by Gasteiger charge is 2.27. The molecule has 1 aromatic carbocycles. The maximum atomic E-state index is 12.9. The fraction of sp³-hybridized carbons (Fsp3) is 0.421. The van der Waals surface area contributed by atoms with Gasteiger partial charge in [0.15, 0.2) is 5.13 Å². The van der Waals surface area contributed by atoms with Crippen molar-refractivity contribution in [3.63, 3.8) is 0 Å². The molecule has 1 aliphatic heterocycles. The van der Waals surface area contributed by atoms with E-state index in [4.69, 9.17) is 4.74 Å². The van der Waals surface area contributed by atoms with Crippen molar-refractivity contribution in [1.82, 2.24) is 15.2 Å². The van der Waals surface area contributed by atoms with Crippen LogP contribution in [-0.2, 0) is 27.6 Å². The quantitative estimate of drug-likeness (QED) is 0.538. The molecular weight excluding hydrogens is 444 g/mol. The van der Waals surface area contributed by atoms with Gasteiger partial charge in [-0.3, -0.25) is 10.2 Å². The van der Waals surface area contributed by atoms with Gasteiger partial charge in [-0.25, -0.2) is 18.2 Å². The molecule has 166 valence electrons. The number of carbonyl (C=O) groups excluding carboxylic acids is 1. The summed E-state index contributed by atoms with van der Waals surface area (Å²) < 4.78 is 31.1. The van der Waals surface area contributed by atoms with Crippen LogP contribution >= 0.6 is 11.3 Å². The lowest BCUT2D eigenvalue weighted by Gasteiger charge is -2.25. The SMILES string of the molecule is Cc1nc(N2CCOCC2)sc1C(=O)NNS(=O)(=O)c1cc(C(=O)O)cc2c1CCC2. The van der Waals surface area contributed by atoms with E-state index in [1.807, 2.05) is 4.90 Å². The number of carbonyl (C=O) groups is 2. The van der Waals surface area contributed by atoms with Crippen LogP contribution in [0.25, 0.3) is 0 Å². The topological polar surface area (TPSA) is 138 Å². The molecule has 0 atom stereocenters. The summed E-state index contributed by atoms with van der Waals surface area (Å²) in [4.78, 5) is 32.8. The number of ether oxygens (including phenoxy) is 1. The zero-order chi connectivity index (χ0) is 22.2. The number of fused-ring (bicyclic) bond motifs is 1. The molecule has 1 aromatic heterocycles. The van der Waals surface area contributed by atoms with Crippen molar-refractivity contribution in [3.05, 3.63) is 39.4 Å². The lowest BCUT2D eigenvalue weighted by molar-refractivity contribution is 0.0696. The molecule has 2 aromatic rings. The molecule has 2 heterocycles. The van der Waals surface area contributed by atoms with E-state index in [1.54, 1.807) is 6.92 Å². The molecule has 1 fully saturated rings. The minimum absolute atomic E-state index is 0.0965. The summed E-state index contributed by atoms with van der Waals surface area (Å²) in [5, 5.41) is 9.99. The van der Waals surface area contributed by atoms with Crippen LogP contribution in [0.5, 0.6) is 0 Å². The van der Waals surface area contributed by atoms with Gasteiger partial charge in [-0.05, 0) is 49.4 Å². The Kier molecular flexibility index (Phi) is 5.97. The molecule has 12 heteroatoms. The van der Waals surface area contributed by atoms with Crippen LogP contribution in [-0.4, -0.2) is 56.7 Å². The van der Waals surface area contributed by atoms with E-state index < -0.39 is 21.9 Å². The minimum Gasteiger partial charge on any atom is -0.478 e. The number of amides is 1. The number of rotatable bonds is 6. The van der Waals surface area contributed by atoms with E-state index in [0.29, 0.717) is 66.0 Å². The number of carboxylic acids is 1. The van der Waals surface area contributed by atoms with Gasteiger partial charge < -0.3 is 14.7 Å². The van der Waals surface area contributed by atoms with Gasteiger partial charge in [0.25, 0.3) is 15.9 Å². The zero-order valence-corrected chi connectivity index (χ0v) is 18.4. The molecule has 1 saturated heterocycles. The second-order valence-corrected chi connectivity index (χ2v) is 9.97. The van der Waals surface area contributed by atoms with Crippen LogP contribution in [0, 0.1) is 6.92 Å². The molecule has 10 nitrogen and oxygen atoms in total. The Labute approximate surface area is 183 Å². The van der Waals surface area contributed by atoms with E-state index in [0.717, 1.165) is 12.5 Å². The Bertz CT molecular complexity index is 1140. The van der Waals surface area contributed by atoms with Crippen molar-refractivity contribution in [1.29, 1.82) is 0 Å². The molecule has 2 aliphatic rings. The molecule has 0 saturated carbocycles. The smallest absolute Gasteiger partial charge is 0.335 e. The number of aryl methyl sites for hydroxylation is 2. The lowest BCUT2D eigenvalue weighted by atomic mass is 10.1. The third-order valence-electron chi connectivity index (χ3n) is 5.28. The van der Waals surface area contributed by atoms with E-state index in [1.165, 1.54) is 17.4 Å². The van der Waals surface area contributed by atoms with Crippen molar-refractivity contribution in [2.45, 2.75) is 31.1 Å². The molecule has 0 spiro atoms. The van der Waals surface area contributed by atoms with Crippen LogP contribution < -0.4 is 15.2 Å². The summed E-state index contributed by atoms with van der Waals surface area (Å²) in [5.74, 6) is -1.82. The molecule has 0 unspecified atom stereocenters. The fourth-order valence-corrected chi connectivity index (χ4v) is 5.93. The number of thiazole rings is 1. The molecule has 0 bridgehead atoms. The first kappa shape index (κ1) is 21.7. The van der Waals surface area contributed by atoms with Gasteiger partial charge in [0.1, 0.15) is 4.88 Å². The minimum atomic E-state index is -4.16. The highest BCUT2D eigenvalue weighted by Crippen LogP contribution is 2.30. The van der Waals surface area contributed by atoms with E-state index >= 15 is 0 Å². The van der Waals surface area contributed by atoms with Gasteiger partial charge in [-0.15, -0.1) is 4.83 Å². The van der Waals surface area contributed by atoms with E-state index in [-0.39, 0.29) is 10.5 Å². The van der Waals surface area contributed by atoms with Gasteiger partial charge >= 0.3 is 5.97 Å². The molecule has 31 heavy (non-hydrogen) atoms. The Morgan fingerprint density at radius 2 is 1.97 bits per heavy atom. The normalized spacial score (nSPS) is 16.2. The third kappa shape index (κ3) is 4.42. The summed E-state index contributed by atoms with van der Waals surface area (Å²) >= 11 is 1.18. The van der Waals surface area contributed by atoms with Gasteiger partial charge in [-0.2, -0.15) is 0 Å². The average Bonchev–Trinajstić information content (AvgIpc) is 3.38. The highest BCUT2D eigenvalue weighted by atomic mass is 32.2. The second-order valence-electron chi connectivity index (χ2n) is 7.34. The third-order valence-corrected chi connectivity index (χ3v) is 7.81. The van der Waals surface area contributed by atoms with Crippen molar-refractivity contribution in [2.75, 3.05) is 31.2 Å². The standard InChI is InChI=1S/C19H22N4O6S2/c1-11-16(30-19(20-11)23-5-7-29-8-6-23)17(24)21-22-31(27,28)15-10-13(18(25)26)9-12-3-2-4-14(12)15/h9-10,22H,2-8H2,1H3,(H,21,24)(H,25,26). The molecule has 1 aliphatic carbocycles. The summed E-state index contributed by atoms with van der Waals surface area (Å²) in [7, 11) is -4.16. The van der Waals surface area contributed by atoms with E-state index in [2.05, 4.69) is 15.2 Å². The number of sulfonamides is 1. The molecule has 0 radical (unpaired) electrons. The van der Waals surface area contributed by atoms with Gasteiger partial charge in [0.2, 0.25) is 0 Å². The number of morpholine rings is 1. The van der Waals surface area contributed by atoms with Crippen molar-refractivity contribution in [2.24, 2.45) is 0 Å². The zero-order valence-electron chi connectivity index (χ0n) is 16.8. The van der Waals surface area contributed by atoms with Gasteiger partial charge in [0, 0.05) is 13.1 Å². The number of hydrogen-bond donors (Lipinski definition) is 3. The molecular formula is C19H22N4O6S2. The summed E-state index contributed by atoms with van der Waals surface area (Å²) in [5.41, 5.74) is 3.94. The summed E-state index contributed by atoms with van der Waals surface area (Å²) in [6.07, 6.45) is 1.91. The number of aromatic nitrogens is 1. The first-order valence-corrected chi connectivity index (χ1v) is 12.1. The Hall–Kier alpha value is -2.54. The van der Waals surface area contributed by atoms with Crippen molar-refractivity contribution >= 4 is 38.4 Å². The fourth-order valence-electron chi connectivity index (χ4n) is 3.74. The molecule has 3 N–H and O–H groups in total. The number of nitrogens with one attached hydrogen (secondary N) is 2. The van der Waals surface area contributed by atoms with Crippen molar-refractivity contribution in [3.8, 4) is 0 Å². The number of aromatic carboxylic acids is 1. The van der Waals surface area contributed by atoms with Gasteiger partial charge in [0.05, 0.1) is 29.4 Å². The van der Waals surface area contributed by atoms with Gasteiger partial charge in [-0.1, -0.05) is 11.3 Å². The summed E-state index contributed by atoms with van der Waals surface area (Å²) in [6.45, 7) is 4.20. The maximum Gasteiger partial charge on any atom is 0.335 e. The lowest BCUT2D eigenvalue weighted by Crippen LogP contribution is -2.41. The predicted octanol–water partition coefficient (Wildman–Crippen LogP) is 1.10. The van der Waals surface area contributed by atoms with Crippen LogP contribution in [0.2, 0.25) is 0 Å². The first-order valence-electron chi connectivity index (χ1n) is 9.77. The van der Waals surface area contributed by atoms with Crippen LogP contribution in [0.4, 0.5) is 5.13 Å². The largest absolute Gasteiger partial charge is 0.478 e. The molecule has 1 amide bonds. The predicted molar refractivity (Wildman–Crippen MR) is 113 cm³/mol. The monoisotopic (exact) mass is 466 g/mol. The summed E-state index contributed by atoms with van der Waals surface area (Å²) in [6, 6.07) is 2.64. The second kappa shape index (κ2) is 8.54. The van der Waals surface area contributed by atoms with E-state index in [9.17, 15) is 23.1 Å². The Morgan fingerprint density at radius 3 is 2.68 bits per heavy atom. The van der Waals surface area contributed by atoms with Crippen LogP contribution in [0.15, 0.2) is 17.0 Å². The number of carboxylic acid groups (broad SMARTS) is 1. The Morgan fingerprint density at radius 1 is 1.23 bits per heavy atom. The van der Waals surface area contributed by atoms with Crippen LogP contribution in [0.3, 0.4) is 0 Å². The number of hydrazine groups is 1.